The number of hydrogen-bond acceptors (Lipinski definition) is 14. The molecule has 18 heteroatoms. The molecule has 1 aromatic carbocycles. The normalized spacial score (nSPS) is 27.2. The molecule has 0 aromatic heterocycles. The van der Waals surface area contributed by atoms with E-state index in [1.807, 2.05) is 24.3 Å². The van der Waals surface area contributed by atoms with Crippen molar-refractivity contribution < 1.29 is 36.2 Å². The predicted octanol–water partition coefficient (Wildman–Crippen LogP) is 5.95. The molecule has 4 saturated heterocycles. The van der Waals surface area contributed by atoms with Crippen LogP contribution in [0.1, 0.15) is 25.7 Å². The van der Waals surface area contributed by atoms with Gasteiger partial charge < -0.3 is 49.0 Å². The van der Waals surface area contributed by atoms with Gasteiger partial charge in [-0.2, -0.15) is 0 Å². The van der Waals surface area contributed by atoms with Gasteiger partial charge in [0.15, 0.2) is 11.4 Å². The third kappa shape index (κ3) is 5.96. The Bertz CT molecular complexity index is 787. The average molecular weight is 653 g/mol. The predicted molar refractivity (Wildman–Crippen MR) is 155 cm³/mol. The summed E-state index contributed by atoms with van der Waals surface area (Å²) in [7, 11) is -12.6. The van der Waals surface area contributed by atoms with Crippen LogP contribution in [-0.4, -0.2) is 52.9 Å². The molecule has 5 rings (SSSR count). The summed E-state index contributed by atoms with van der Waals surface area (Å²) in [6, 6.07) is 7.47. The third-order valence-corrected chi connectivity index (χ3v) is 21.0. The van der Waals surface area contributed by atoms with E-state index in [4.69, 9.17) is 85.2 Å². The van der Waals surface area contributed by atoms with E-state index >= 15 is 0 Å². The molecule has 0 unspecified atom stereocenters. The largest absolute Gasteiger partial charge is 0.463 e. The molecule has 202 valence electrons. The molecule has 0 N–H and O–H groups in total. The maximum Gasteiger partial charge on any atom is 0.292 e. The summed E-state index contributed by atoms with van der Waals surface area (Å²) in [5.41, 5.74) is 1.13. The topological polar surface area (TPSA) is 80.3 Å². The molecular weight excluding hydrogens is 624 g/mol. The van der Waals surface area contributed by atoms with Crippen LogP contribution in [0.3, 0.4) is 0 Å². The number of anilines is 2. The molecular formula is C18H28N2O8P4S4. The van der Waals surface area contributed by atoms with Crippen molar-refractivity contribution in [3.8, 4) is 0 Å². The van der Waals surface area contributed by atoms with Gasteiger partial charge in [-0.1, -0.05) is 21.0 Å². The SMILES string of the molecule is [S-][P+]1(N(c2ccccc2N([P+]2([S-])OCCCO2)[P+]2([S-])OCCCO2)[P+]2([S-])OCCCO2)OCCCO1. The molecule has 0 spiro atoms. The van der Waals surface area contributed by atoms with Crippen molar-refractivity contribution in [1.82, 2.24) is 0 Å². The lowest BCUT2D eigenvalue weighted by molar-refractivity contribution is 0.162. The second-order valence-electron chi connectivity index (χ2n) is 8.02. The van der Waals surface area contributed by atoms with Crippen LogP contribution in [-0.2, 0) is 85.2 Å². The summed E-state index contributed by atoms with van der Waals surface area (Å²) in [6.07, 6.45) is 2.93. The van der Waals surface area contributed by atoms with E-state index in [1.165, 1.54) is 0 Å². The minimum atomic E-state index is -3.14. The van der Waals surface area contributed by atoms with E-state index in [1.54, 1.807) is 8.88 Å². The zero-order valence-corrected chi connectivity index (χ0v) is 26.2. The molecule has 0 radical (unpaired) electrons. The number of nitrogens with zero attached hydrogens (tertiary/aromatic N) is 2. The fourth-order valence-corrected chi connectivity index (χ4v) is 20.2. The highest BCUT2D eigenvalue weighted by atomic mass is 32.7. The van der Waals surface area contributed by atoms with Crippen LogP contribution in [0.5, 0.6) is 0 Å². The second kappa shape index (κ2) is 12.2. The van der Waals surface area contributed by atoms with Crippen molar-refractivity contribution in [2.45, 2.75) is 25.7 Å². The Balaban J connectivity index is 1.66. The lowest BCUT2D eigenvalue weighted by atomic mass is 10.3. The van der Waals surface area contributed by atoms with E-state index in [-0.39, 0.29) is 0 Å². The molecule has 0 amide bonds. The Hall–Kier alpha value is 1.62. The monoisotopic (exact) mass is 652 g/mol. The van der Waals surface area contributed by atoms with Gasteiger partial charge in [0.25, 0.3) is 28.3 Å². The van der Waals surface area contributed by atoms with Gasteiger partial charge in [-0.3, -0.25) is 0 Å². The maximum atomic E-state index is 6.13. The zero-order chi connectivity index (χ0) is 25.3. The molecule has 36 heavy (non-hydrogen) atoms. The first-order valence-corrected chi connectivity index (χ1v) is 21.9. The van der Waals surface area contributed by atoms with Crippen LogP contribution >= 0.6 is 28.3 Å². The minimum absolute atomic E-state index is 0.448. The van der Waals surface area contributed by atoms with E-state index < -0.39 is 28.3 Å². The van der Waals surface area contributed by atoms with E-state index in [2.05, 4.69) is 0 Å². The maximum absolute atomic E-state index is 6.13. The van der Waals surface area contributed by atoms with Crippen LogP contribution in [0.4, 0.5) is 11.4 Å². The van der Waals surface area contributed by atoms with Gasteiger partial charge in [-0.25, -0.2) is 36.2 Å². The van der Waals surface area contributed by atoms with Crippen molar-refractivity contribution in [3.63, 3.8) is 0 Å². The van der Waals surface area contributed by atoms with Gasteiger partial charge in [0, 0.05) is 25.7 Å². The average Bonchev–Trinajstić information content (AvgIpc) is 2.86. The summed E-state index contributed by atoms with van der Waals surface area (Å²) < 4.78 is 52.5. The van der Waals surface area contributed by atoms with Crippen LogP contribution in [0.2, 0.25) is 0 Å². The lowest BCUT2D eigenvalue weighted by Gasteiger charge is -2.49. The van der Waals surface area contributed by atoms with Crippen molar-refractivity contribution in [1.29, 1.82) is 0 Å². The molecule has 4 fully saturated rings. The standard InChI is InChI=1S/C18H28N2O8P4S4/c33-29(21-9-3-10-22-29)19(30(34)23-11-4-12-24-30)17-7-1-2-8-18(17)20(31(35)25-13-5-14-26-31)32(36)27-15-6-16-28-32/h1-2,7-8H,3-6,9-16H2. The number of benzene rings is 1. The highest BCUT2D eigenvalue weighted by Gasteiger charge is 2.61. The Labute approximate surface area is 235 Å². The lowest BCUT2D eigenvalue weighted by Crippen LogP contribution is -2.36. The molecule has 4 aliphatic rings. The number of rotatable bonds is 6. The zero-order valence-electron chi connectivity index (χ0n) is 19.4. The molecule has 4 heterocycles. The van der Waals surface area contributed by atoms with Crippen molar-refractivity contribution in [3.05, 3.63) is 24.3 Å². The molecule has 0 aliphatic carbocycles. The molecule has 0 saturated carbocycles. The van der Waals surface area contributed by atoms with E-state index in [9.17, 15) is 0 Å². The molecule has 1 aromatic rings. The quantitative estimate of drug-likeness (QED) is 0.269. The summed E-state index contributed by atoms with van der Waals surface area (Å²) in [5.74, 6) is 0. The minimum Gasteiger partial charge on any atom is -0.463 e. The smallest absolute Gasteiger partial charge is 0.292 e. The summed E-state index contributed by atoms with van der Waals surface area (Å²) >= 11 is 24.2. The first-order valence-electron chi connectivity index (χ1n) is 11.6. The summed E-state index contributed by atoms with van der Waals surface area (Å²) in [5, 5.41) is 0. The number of para-hydroxylation sites is 2. The highest BCUT2D eigenvalue weighted by molar-refractivity contribution is 8.48. The van der Waals surface area contributed by atoms with Crippen LogP contribution in [0, 0.1) is 0 Å². The Morgan fingerprint density at radius 3 is 0.889 bits per heavy atom. The first-order chi connectivity index (χ1) is 17.3. The second-order valence-corrected chi connectivity index (χ2v) is 21.6. The third-order valence-electron chi connectivity index (χ3n) is 5.43. The van der Waals surface area contributed by atoms with E-state index in [0.717, 1.165) is 25.7 Å². The Morgan fingerprint density at radius 2 is 0.667 bits per heavy atom. The first kappa shape index (κ1) is 29.1. The summed E-state index contributed by atoms with van der Waals surface area (Å²) in [6.45, 7) is 3.58. The molecule has 0 atom stereocenters. The molecule has 10 nitrogen and oxygen atoms in total. The fraction of sp³-hybridized carbons (Fsp3) is 0.667. The van der Waals surface area contributed by atoms with Crippen LogP contribution in [0.25, 0.3) is 0 Å². The summed E-state index contributed by atoms with van der Waals surface area (Å²) in [4.78, 5) is 0. The van der Waals surface area contributed by atoms with Gasteiger partial charge in [0.1, 0.15) is 0 Å². The molecule has 0 bridgehead atoms. The number of hydrogen-bond donors (Lipinski definition) is 0. The van der Waals surface area contributed by atoms with Gasteiger partial charge in [-0.05, 0) is 12.1 Å². The van der Waals surface area contributed by atoms with Gasteiger partial charge in [0.05, 0.1) is 52.9 Å². The van der Waals surface area contributed by atoms with Crippen molar-refractivity contribution in [2.75, 3.05) is 61.7 Å². The van der Waals surface area contributed by atoms with E-state index in [0.29, 0.717) is 64.2 Å². The van der Waals surface area contributed by atoms with Gasteiger partial charge in [0.2, 0.25) is 0 Å². The Morgan fingerprint density at radius 1 is 0.444 bits per heavy atom. The van der Waals surface area contributed by atoms with Crippen molar-refractivity contribution >= 4 is 88.6 Å². The van der Waals surface area contributed by atoms with Gasteiger partial charge in [-0.15, -0.1) is 0 Å². The van der Waals surface area contributed by atoms with Crippen molar-refractivity contribution in [2.24, 2.45) is 0 Å². The highest BCUT2D eigenvalue weighted by Crippen LogP contribution is 2.85. The fourth-order valence-electron chi connectivity index (χ4n) is 3.86. The molecule has 4 aliphatic heterocycles. The van der Waals surface area contributed by atoms with Crippen LogP contribution in [0.15, 0.2) is 24.3 Å². The Kier molecular flexibility index (Phi) is 9.90. The van der Waals surface area contributed by atoms with Crippen LogP contribution < -0.4 is 8.88 Å². The van der Waals surface area contributed by atoms with Gasteiger partial charge >= 0.3 is 0 Å².